The van der Waals surface area contributed by atoms with E-state index in [1.165, 1.54) is 89.0 Å². The summed E-state index contributed by atoms with van der Waals surface area (Å²) in [6.45, 7) is 0. The van der Waals surface area contributed by atoms with Crippen molar-refractivity contribution in [2.75, 3.05) is 4.90 Å². The minimum atomic E-state index is -0.474. The van der Waals surface area contributed by atoms with Crippen LogP contribution in [0, 0.1) is 0 Å². The molecule has 0 fully saturated rings. The first-order chi connectivity index (χ1) is 34.3. The normalized spacial score (nSPS) is 13.0. The Hall–Kier alpha value is -8.98. The zero-order chi connectivity index (χ0) is 45.2. The van der Waals surface area contributed by atoms with Gasteiger partial charge in [0.15, 0.2) is 0 Å². The summed E-state index contributed by atoms with van der Waals surface area (Å²) in [5.41, 5.74) is 27.0. The van der Waals surface area contributed by atoms with Crippen LogP contribution in [0.1, 0.15) is 22.3 Å². The predicted molar refractivity (Wildman–Crippen MR) is 285 cm³/mol. The van der Waals surface area contributed by atoms with E-state index >= 15 is 0 Å². The molecule has 3 aliphatic rings. The van der Waals surface area contributed by atoms with Gasteiger partial charge in [0.05, 0.1) is 11.1 Å². The van der Waals surface area contributed by atoms with Crippen LogP contribution >= 0.6 is 0 Å². The molecule has 0 saturated heterocycles. The fraction of sp³-hybridized carbons (Fsp3) is 0.0149. The van der Waals surface area contributed by atoms with E-state index in [0.29, 0.717) is 0 Å². The Balaban J connectivity index is 0.995. The summed E-state index contributed by atoms with van der Waals surface area (Å²) >= 11 is 0. The SMILES string of the molecule is c1ccc2c(c1)-c1ccccc1-c1ccc(N(c3ccc(-c4cccc5c4oc4ccccc45)cc3)c3cccc4c3-c3ccccc3C43c4ccccc4-c4ccccc43)cc1-c1ccccc1-2. The van der Waals surface area contributed by atoms with Gasteiger partial charge in [-0.1, -0.05) is 212 Å². The van der Waals surface area contributed by atoms with E-state index in [1.807, 2.05) is 6.07 Å². The van der Waals surface area contributed by atoms with Gasteiger partial charge in [0.2, 0.25) is 0 Å². The standard InChI is InChI=1S/C67H41NO/c1-2-18-47-46(17-1)48-19-3-4-21-50(48)52-40-39-44(41-58(52)51-22-6-5-20-49(47)51)68(43-37-35-42(36-38-43)45-27-15-28-56-55-25-10-14-34-64(55)69-66(45)56)63-33-16-32-62-65(63)57-26-9-13-31-61(57)67(62)59-29-11-7-23-53(59)54-24-8-12-30-60(54)67/h1-41H. The Kier molecular flexibility index (Phi) is 8.02. The monoisotopic (exact) mass is 875 g/mol. The van der Waals surface area contributed by atoms with Gasteiger partial charge >= 0.3 is 0 Å². The number of hydrogen-bond acceptors (Lipinski definition) is 2. The molecular formula is C67H41NO. The minimum Gasteiger partial charge on any atom is -0.455 e. The van der Waals surface area contributed by atoms with Crippen molar-refractivity contribution in [3.63, 3.8) is 0 Å². The lowest BCUT2D eigenvalue weighted by atomic mass is 9.70. The average molecular weight is 876 g/mol. The molecule has 0 amide bonds. The molecule has 0 unspecified atom stereocenters. The molecule has 0 radical (unpaired) electrons. The maximum Gasteiger partial charge on any atom is 0.143 e. The van der Waals surface area contributed by atoms with E-state index in [2.05, 4.69) is 248 Å². The summed E-state index contributed by atoms with van der Waals surface area (Å²) in [6.07, 6.45) is 0. The van der Waals surface area contributed by atoms with Gasteiger partial charge in [0, 0.05) is 33.3 Å². The van der Waals surface area contributed by atoms with Crippen LogP contribution in [-0.2, 0) is 5.41 Å². The molecule has 12 aromatic rings. The topological polar surface area (TPSA) is 16.4 Å². The molecule has 1 heterocycles. The highest BCUT2D eigenvalue weighted by Crippen LogP contribution is 2.65. The number of fused-ring (bicyclic) bond motifs is 21. The molecule has 3 aliphatic carbocycles. The smallest absolute Gasteiger partial charge is 0.143 e. The van der Waals surface area contributed by atoms with Crippen LogP contribution in [-0.4, -0.2) is 0 Å². The maximum absolute atomic E-state index is 6.57. The summed E-state index contributed by atoms with van der Waals surface area (Å²) < 4.78 is 6.57. The number of para-hydroxylation sites is 2. The Morgan fingerprint density at radius 3 is 1.35 bits per heavy atom. The van der Waals surface area contributed by atoms with Crippen LogP contribution in [0.3, 0.4) is 0 Å². The second-order valence-corrected chi connectivity index (χ2v) is 18.6. The van der Waals surface area contributed by atoms with E-state index in [0.717, 1.165) is 50.1 Å². The molecule has 0 bridgehead atoms. The first-order valence-electron chi connectivity index (χ1n) is 23.9. The molecule has 11 aromatic carbocycles. The second kappa shape index (κ2) is 14.5. The van der Waals surface area contributed by atoms with Crippen LogP contribution < -0.4 is 4.90 Å². The number of rotatable bonds is 4. The van der Waals surface area contributed by atoms with Crippen molar-refractivity contribution in [2.45, 2.75) is 5.41 Å². The highest BCUT2D eigenvalue weighted by molar-refractivity contribution is 6.10. The summed E-state index contributed by atoms with van der Waals surface area (Å²) in [4.78, 5) is 2.51. The van der Waals surface area contributed by atoms with E-state index in [4.69, 9.17) is 4.42 Å². The predicted octanol–water partition coefficient (Wildman–Crippen LogP) is 18.0. The van der Waals surface area contributed by atoms with Crippen molar-refractivity contribution >= 4 is 39.0 Å². The number of anilines is 3. The van der Waals surface area contributed by atoms with Crippen molar-refractivity contribution in [2.24, 2.45) is 0 Å². The van der Waals surface area contributed by atoms with Crippen LogP contribution in [0.25, 0.3) is 99.8 Å². The van der Waals surface area contributed by atoms with Crippen LogP contribution in [0.5, 0.6) is 0 Å². The second-order valence-electron chi connectivity index (χ2n) is 18.6. The number of furan rings is 1. The van der Waals surface area contributed by atoms with Crippen molar-refractivity contribution < 1.29 is 4.42 Å². The summed E-state index contributed by atoms with van der Waals surface area (Å²) in [5, 5.41) is 2.26. The number of nitrogens with zero attached hydrogens (tertiary/aromatic N) is 1. The van der Waals surface area contributed by atoms with E-state index in [9.17, 15) is 0 Å². The summed E-state index contributed by atoms with van der Waals surface area (Å²) in [6, 6.07) is 92.1. The molecule has 69 heavy (non-hydrogen) atoms. The van der Waals surface area contributed by atoms with Gasteiger partial charge in [0.1, 0.15) is 11.2 Å². The molecule has 15 rings (SSSR count). The molecule has 1 spiro atoms. The Morgan fingerprint density at radius 2 is 0.725 bits per heavy atom. The minimum absolute atomic E-state index is 0.474. The van der Waals surface area contributed by atoms with Crippen molar-refractivity contribution in [1.29, 1.82) is 0 Å². The Bertz CT molecular complexity index is 4040. The fourth-order valence-corrected chi connectivity index (χ4v) is 12.5. The van der Waals surface area contributed by atoms with Gasteiger partial charge in [0.25, 0.3) is 0 Å². The molecule has 2 nitrogen and oxygen atoms in total. The van der Waals surface area contributed by atoms with Crippen molar-refractivity contribution in [1.82, 2.24) is 0 Å². The number of hydrogen-bond donors (Lipinski definition) is 0. The molecule has 1 aromatic heterocycles. The van der Waals surface area contributed by atoms with E-state index in [-0.39, 0.29) is 0 Å². The van der Waals surface area contributed by atoms with Gasteiger partial charge in [-0.05, 0) is 125 Å². The highest BCUT2D eigenvalue weighted by atomic mass is 16.3. The third-order valence-electron chi connectivity index (χ3n) is 15.3. The maximum atomic E-state index is 6.57. The molecular weight excluding hydrogens is 835 g/mol. The molecule has 0 atom stereocenters. The fourth-order valence-electron chi connectivity index (χ4n) is 12.5. The molecule has 0 N–H and O–H groups in total. The largest absolute Gasteiger partial charge is 0.455 e. The Morgan fingerprint density at radius 1 is 0.290 bits per heavy atom. The van der Waals surface area contributed by atoms with Gasteiger partial charge < -0.3 is 9.32 Å². The van der Waals surface area contributed by atoms with Crippen LogP contribution in [0.2, 0.25) is 0 Å². The first-order valence-corrected chi connectivity index (χ1v) is 23.9. The Labute approximate surface area is 400 Å². The van der Waals surface area contributed by atoms with Crippen LogP contribution in [0.4, 0.5) is 17.1 Å². The summed E-state index contributed by atoms with van der Waals surface area (Å²) in [7, 11) is 0. The molecule has 0 aliphatic heterocycles. The molecule has 2 heteroatoms. The van der Waals surface area contributed by atoms with Crippen LogP contribution in [0.15, 0.2) is 253 Å². The zero-order valence-corrected chi connectivity index (χ0v) is 37.5. The summed E-state index contributed by atoms with van der Waals surface area (Å²) in [5.74, 6) is 0. The first kappa shape index (κ1) is 38.2. The molecule has 0 saturated carbocycles. The highest BCUT2D eigenvalue weighted by Gasteiger charge is 2.52. The van der Waals surface area contributed by atoms with Gasteiger partial charge in [-0.15, -0.1) is 0 Å². The van der Waals surface area contributed by atoms with Crippen molar-refractivity contribution in [3.05, 3.63) is 271 Å². The van der Waals surface area contributed by atoms with Gasteiger partial charge in [-0.25, -0.2) is 0 Å². The lowest BCUT2D eigenvalue weighted by Gasteiger charge is -2.32. The van der Waals surface area contributed by atoms with E-state index < -0.39 is 5.41 Å². The number of benzene rings is 11. The third kappa shape index (κ3) is 5.26. The molecule has 320 valence electrons. The quantitative estimate of drug-likeness (QED) is 0.175. The van der Waals surface area contributed by atoms with Crippen molar-refractivity contribution in [3.8, 4) is 77.9 Å². The zero-order valence-electron chi connectivity index (χ0n) is 37.5. The third-order valence-corrected chi connectivity index (χ3v) is 15.3. The van der Waals surface area contributed by atoms with Gasteiger partial charge in [-0.3, -0.25) is 0 Å². The van der Waals surface area contributed by atoms with Gasteiger partial charge in [-0.2, -0.15) is 0 Å². The lowest BCUT2D eigenvalue weighted by molar-refractivity contribution is 0.670. The lowest BCUT2D eigenvalue weighted by Crippen LogP contribution is -2.26. The average Bonchev–Trinajstić information content (AvgIpc) is 4.06. The van der Waals surface area contributed by atoms with E-state index in [1.54, 1.807) is 0 Å².